The zero-order chi connectivity index (χ0) is 26.0. The molecule has 0 saturated heterocycles. The Kier molecular flexibility index (Phi) is 7.60. The maximum absolute atomic E-state index is 14.3. The van der Waals surface area contributed by atoms with E-state index in [1.807, 2.05) is 0 Å². The maximum atomic E-state index is 14.3. The number of non-ortho nitro benzene ring substituents is 1. The van der Waals surface area contributed by atoms with Gasteiger partial charge in [-0.3, -0.25) is 19.7 Å². The minimum Gasteiger partial charge on any atom is -0.492 e. The van der Waals surface area contributed by atoms with Crippen molar-refractivity contribution in [1.29, 1.82) is 0 Å². The summed E-state index contributed by atoms with van der Waals surface area (Å²) in [7, 11) is 0. The van der Waals surface area contributed by atoms with Gasteiger partial charge in [-0.25, -0.2) is 22.6 Å². The van der Waals surface area contributed by atoms with Gasteiger partial charge in [-0.05, 0) is 13.0 Å². The highest BCUT2D eigenvalue weighted by atomic mass is 19.2. The van der Waals surface area contributed by atoms with Gasteiger partial charge in [-0.1, -0.05) is 20.8 Å². The zero-order valence-corrected chi connectivity index (χ0v) is 18.5. The maximum Gasteiger partial charge on any atom is 0.278 e. The van der Waals surface area contributed by atoms with E-state index in [9.17, 15) is 37.3 Å². The number of nitrogens with one attached hydrogen (secondary N) is 1. The quantitative estimate of drug-likeness (QED) is 0.113. The second-order valence-corrected chi connectivity index (χ2v) is 7.88. The Bertz CT molecular complexity index is 1180. The molecule has 0 aliphatic rings. The number of benzene rings is 2. The van der Waals surface area contributed by atoms with Crippen LogP contribution in [0.5, 0.6) is 5.75 Å². The van der Waals surface area contributed by atoms with Gasteiger partial charge in [0.2, 0.25) is 0 Å². The van der Waals surface area contributed by atoms with E-state index in [0.29, 0.717) is 0 Å². The van der Waals surface area contributed by atoms with Gasteiger partial charge in [0.05, 0.1) is 17.2 Å². The zero-order valence-electron chi connectivity index (χ0n) is 18.5. The van der Waals surface area contributed by atoms with Crippen LogP contribution in [0.4, 0.5) is 40.3 Å². The van der Waals surface area contributed by atoms with Gasteiger partial charge in [0.1, 0.15) is 17.1 Å². The highest BCUT2D eigenvalue weighted by Gasteiger charge is 2.33. The lowest BCUT2D eigenvalue weighted by molar-refractivity contribution is -0.384. The van der Waals surface area contributed by atoms with Crippen LogP contribution in [0.25, 0.3) is 0 Å². The smallest absolute Gasteiger partial charge is 0.278 e. The molecule has 0 unspecified atom stereocenters. The second kappa shape index (κ2) is 9.85. The minimum atomic E-state index is -2.02. The molecule has 0 aliphatic heterocycles. The Morgan fingerprint density at radius 3 is 2.15 bits per heavy atom. The van der Waals surface area contributed by atoms with Gasteiger partial charge in [0.25, 0.3) is 11.6 Å². The Balaban J connectivity index is 2.69. The summed E-state index contributed by atoms with van der Waals surface area (Å²) in [6.45, 7) is 5.76. The molecule has 0 saturated carbocycles. The normalized spacial score (nSPS) is 11.8. The number of aliphatic imine (C=N–C) groups is 1. The summed E-state index contributed by atoms with van der Waals surface area (Å²) >= 11 is 0. The molecular formula is C21H20F4N4O5. The topological polar surface area (TPSA) is 137 Å². The summed E-state index contributed by atoms with van der Waals surface area (Å²) in [4.78, 5) is 39.5. The summed E-state index contributed by atoms with van der Waals surface area (Å²) in [5.74, 6) is -10.4. The molecule has 13 heteroatoms. The number of rotatable bonds is 7. The number of ether oxygens (including phenoxy) is 1. The fourth-order valence-electron chi connectivity index (χ4n) is 2.60. The first-order chi connectivity index (χ1) is 15.7. The second-order valence-electron chi connectivity index (χ2n) is 7.88. The number of ketones is 1. The van der Waals surface area contributed by atoms with Crippen molar-refractivity contribution in [3.8, 4) is 5.75 Å². The third-order valence-electron chi connectivity index (χ3n) is 4.33. The SMILES string of the molecule is CCOc1ccc([N+](=O)[O-])cc1NC(=O)C(=Nc1c(F)c(F)c(N)c(F)c1F)C(=O)C(C)(C)C. The van der Waals surface area contributed by atoms with Crippen molar-refractivity contribution in [3.05, 3.63) is 51.6 Å². The molecule has 3 N–H and O–H groups in total. The predicted molar refractivity (Wildman–Crippen MR) is 115 cm³/mol. The average Bonchev–Trinajstić information content (AvgIpc) is 2.76. The van der Waals surface area contributed by atoms with Crippen LogP contribution in [0.1, 0.15) is 27.7 Å². The standard InChI is InChI=1S/C21H20F4N4O5/c1-5-34-11-7-6-9(29(32)33)8-10(11)27-20(31)18(19(30)21(2,3)4)28-17-14(24)12(22)16(26)13(23)15(17)25/h6-8H,5,26H2,1-4H3,(H,27,31). The van der Waals surface area contributed by atoms with E-state index in [-0.39, 0.29) is 18.0 Å². The van der Waals surface area contributed by atoms with Gasteiger partial charge >= 0.3 is 0 Å². The van der Waals surface area contributed by atoms with Gasteiger partial charge in [0.15, 0.2) is 34.8 Å². The van der Waals surface area contributed by atoms with Crippen molar-refractivity contribution in [2.75, 3.05) is 17.7 Å². The predicted octanol–water partition coefficient (Wildman–Crippen LogP) is 4.46. The van der Waals surface area contributed by atoms with Gasteiger partial charge in [-0.2, -0.15) is 0 Å². The van der Waals surface area contributed by atoms with Crippen LogP contribution < -0.4 is 15.8 Å². The summed E-state index contributed by atoms with van der Waals surface area (Å²) in [6.07, 6.45) is 0. The van der Waals surface area contributed by atoms with Gasteiger partial charge in [-0.15, -0.1) is 0 Å². The molecular weight excluding hydrogens is 464 g/mol. The van der Waals surface area contributed by atoms with Crippen LogP contribution in [-0.2, 0) is 9.59 Å². The van der Waals surface area contributed by atoms with Crippen LogP contribution >= 0.6 is 0 Å². The molecule has 2 rings (SSSR count). The van der Waals surface area contributed by atoms with Crippen LogP contribution in [-0.4, -0.2) is 28.9 Å². The fraction of sp³-hybridized carbons (Fsp3) is 0.286. The Morgan fingerprint density at radius 1 is 1.12 bits per heavy atom. The summed E-state index contributed by atoms with van der Waals surface area (Å²) in [5.41, 5.74) is -1.23. The Hall–Kier alpha value is -4.03. The number of amides is 1. The molecule has 0 bridgehead atoms. The Morgan fingerprint density at radius 2 is 1.68 bits per heavy atom. The fourth-order valence-corrected chi connectivity index (χ4v) is 2.60. The van der Waals surface area contributed by atoms with E-state index in [1.165, 1.54) is 26.8 Å². The average molecular weight is 484 g/mol. The lowest BCUT2D eigenvalue weighted by atomic mass is 9.87. The van der Waals surface area contributed by atoms with Crippen LogP contribution in [0, 0.1) is 38.8 Å². The molecule has 1 amide bonds. The molecule has 2 aromatic carbocycles. The number of anilines is 2. The summed E-state index contributed by atoms with van der Waals surface area (Å²) < 4.78 is 61.7. The number of nitrogens with zero attached hydrogens (tertiary/aromatic N) is 2. The lowest BCUT2D eigenvalue weighted by Crippen LogP contribution is -2.37. The number of nitro benzene ring substituents is 1. The number of hydrogen-bond acceptors (Lipinski definition) is 7. The first-order valence-electron chi connectivity index (χ1n) is 9.68. The van der Waals surface area contributed by atoms with Crippen molar-refractivity contribution in [1.82, 2.24) is 0 Å². The highest BCUT2D eigenvalue weighted by Crippen LogP contribution is 2.33. The van der Waals surface area contributed by atoms with Crippen molar-refractivity contribution in [2.24, 2.45) is 10.4 Å². The number of Topliss-reactive ketones (excluding diaryl/α,β-unsaturated/α-hetero) is 1. The van der Waals surface area contributed by atoms with E-state index < -0.39 is 68.1 Å². The molecule has 9 nitrogen and oxygen atoms in total. The third kappa shape index (κ3) is 5.30. The van der Waals surface area contributed by atoms with Gasteiger partial charge in [0, 0.05) is 17.5 Å². The largest absolute Gasteiger partial charge is 0.492 e. The van der Waals surface area contributed by atoms with E-state index in [2.05, 4.69) is 10.3 Å². The van der Waals surface area contributed by atoms with Crippen LogP contribution in [0.3, 0.4) is 0 Å². The molecule has 0 radical (unpaired) electrons. The summed E-state index contributed by atoms with van der Waals surface area (Å²) in [6, 6.07) is 3.20. The first kappa shape index (κ1) is 26.2. The molecule has 0 atom stereocenters. The Labute approximate surface area is 190 Å². The van der Waals surface area contributed by atoms with E-state index in [1.54, 1.807) is 6.92 Å². The molecule has 34 heavy (non-hydrogen) atoms. The molecule has 0 aliphatic carbocycles. The number of nitrogen functional groups attached to an aromatic ring is 1. The first-order valence-corrected chi connectivity index (χ1v) is 9.68. The third-order valence-corrected chi connectivity index (χ3v) is 4.33. The van der Waals surface area contributed by atoms with Crippen molar-refractivity contribution in [2.45, 2.75) is 27.7 Å². The number of carbonyl (C=O) groups excluding carboxylic acids is 2. The number of nitro groups is 1. The molecule has 0 aromatic heterocycles. The van der Waals surface area contributed by atoms with Gasteiger partial charge < -0.3 is 15.8 Å². The number of halogens is 4. The molecule has 2 aromatic rings. The van der Waals surface area contributed by atoms with Crippen LogP contribution in [0.2, 0.25) is 0 Å². The number of nitrogens with two attached hydrogens (primary N) is 1. The molecule has 0 spiro atoms. The van der Waals surface area contributed by atoms with E-state index in [0.717, 1.165) is 12.1 Å². The molecule has 0 heterocycles. The minimum absolute atomic E-state index is 0.0223. The molecule has 182 valence electrons. The molecule has 0 fully saturated rings. The lowest BCUT2D eigenvalue weighted by Gasteiger charge is -2.19. The van der Waals surface area contributed by atoms with Crippen molar-refractivity contribution >= 4 is 40.2 Å². The van der Waals surface area contributed by atoms with E-state index in [4.69, 9.17) is 10.5 Å². The summed E-state index contributed by atoms with van der Waals surface area (Å²) in [5, 5.41) is 13.3. The van der Waals surface area contributed by atoms with E-state index >= 15 is 0 Å². The van der Waals surface area contributed by atoms with Crippen LogP contribution in [0.15, 0.2) is 23.2 Å². The monoisotopic (exact) mass is 484 g/mol. The number of hydrogen-bond donors (Lipinski definition) is 2. The van der Waals surface area contributed by atoms with Crippen molar-refractivity contribution in [3.63, 3.8) is 0 Å². The number of carbonyl (C=O) groups is 2. The highest BCUT2D eigenvalue weighted by molar-refractivity contribution is 6.68. The van der Waals surface area contributed by atoms with Crippen molar-refractivity contribution < 1.29 is 36.8 Å².